The largest absolute Gasteiger partial charge is 0.324 e. The summed E-state index contributed by atoms with van der Waals surface area (Å²) in [4.78, 5) is 35.4. The minimum absolute atomic E-state index is 0.229. The number of thiophene rings is 1. The zero-order valence-corrected chi connectivity index (χ0v) is 16.9. The van der Waals surface area contributed by atoms with Crippen molar-refractivity contribution in [3.05, 3.63) is 63.8 Å². The van der Waals surface area contributed by atoms with E-state index in [9.17, 15) is 9.59 Å². The molecule has 0 saturated heterocycles. The number of benzene rings is 1. The summed E-state index contributed by atoms with van der Waals surface area (Å²) in [6.45, 7) is 7.65. The van der Waals surface area contributed by atoms with E-state index in [-0.39, 0.29) is 11.5 Å². The number of rotatable bonds is 3. The number of carbonyl (C=O) groups is 1. The molecule has 0 aliphatic heterocycles. The Kier molecular flexibility index (Phi) is 4.47. The summed E-state index contributed by atoms with van der Waals surface area (Å²) in [6, 6.07) is 7.08. The zero-order valence-electron chi connectivity index (χ0n) is 16.1. The first-order chi connectivity index (χ1) is 13.4. The molecule has 1 amide bonds. The number of nitrogens with zero attached hydrogens (tertiary/aromatic N) is 3. The fourth-order valence-electron chi connectivity index (χ4n) is 3.49. The van der Waals surface area contributed by atoms with Crippen molar-refractivity contribution in [3.8, 4) is 0 Å². The standard InChI is InChI=1S/C21H20N4O2S/c1-11-8-12(2)16(13(3)9-11)24-19(26)14(4)25-10-23-17-15-6-5-7-22-20(15)28-18(17)21(25)27/h5-10,14H,1-4H3,(H,24,26). The molecule has 4 aromatic rings. The van der Waals surface area contributed by atoms with E-state index < -0.39 is 6.04 Å². The average molecular weight is 392 g/mol. The molecule has 0 saturated carbocycles. The summed E-state index contributed by atoms with van der Waals surface area (Å²) in [5, 5.41) is 3.83. The molecule has 3 aromatic heterocycles. The quantitative estimate of drug-likeness (QED) is 0.569. The van der Waals surface area contributed by atoms with E-state index in [4.69, 9.17) is 0 Å². The topological polar surface area (TPSA) is 76.9 Å². The lowest BCUT2D eigenvalue weighted by Gasteiger charge is -2.17. The third-order valence-electron chi connectivity index (χ3n) is 4.90. The number of nitrogens with one attached hydrogen (secondary N) is 1. The highest BCUT2D eigenvalue weighted by molar-refractivity contribution is 7.25. The summed E-state index contributed by atoms with van der Waals surface area (Å²) in [6.07, 6.45) is 3.14. The van der Waals surface area contributed by atoms with Crippen LogP contribution < -0.4 is 10.9 Å². The molecule has 0 bridgehead atoms. The van der Waals surface area contributed by atoms with Crippen LogP contribution in [0.4, 0.5) is 5.69 Å². The Morgan fingerprint density at radius 2 is 1.89 bits per heavy atom. The van der Waals surface area contributed by atoms with Gasteiger partial charge in [-0.25, -0.2) is 9.97 Å². The van der Waals surface area contributed by atoms with E-state index in [1.807, 2.05) is 45.0 Å². The molecular formula is C21H20N4O2S. The maximum absolute atomic E-state index is 13.0. The van der Waals surface area contributed by atoms with Crippen molar-refractivity contribution in [2.45, 2.75) is 33.7 Å². The van der Waals surface area contributed by atoms with Crippen LogP contribution in [0.1, 0.15) is 29.7 Å². The van der Waals surface area contributed by atoms with Crippen molar-refractivity contribution < 1.29 is 4.79 Å². The monoisotopic (exact) mass is 392 g/mol. The van der Waals surface area contributed by atoms with E-state index in [0.29, 0.717) is 10.2 Å². The molecular weight excluding hydrogens is 372 g/mol. The third-order valence-corrected chi connectivity index (χ3v) is 5.99. The summed E-state index contributed by atoms with van der Waals surface area (Å²) in [7, 11) is 0. The highest BCUT2D eigenvalue weighted by Gasteiger charge is 2.21. The van der Waals surface area contributed by atoms with Crippen LogP contribution >= 0.6 is 11.3 Å². The van der Waals surface area contributed by atoms with Gasteiger partial charge < -0.3 is 5.32 Å². The first-order valence-electron chi connectivity index (χ1n) is 9.00. The van der Waals surface area contributed by atoms with Gasteiger partial charge in [-0.2, -0.15) is 0 Å². The molecule has 7 heteroatoms. The van der Waals surface area contributed by atoms with Crippen LogP contribution in [0.3, 0.4) is 0 Å². The lowest BCUT2D eigenvalue weighted by atomic mass is 10.0. The lowest BCUT2D eigenvalue weighted by molar-refractivity contribution is -0.118. The second kappa shape index (κ2) is 6.83. The molecule has 4 rings (SSSR count). The molecule has 28 heavy (non-hydrogen) atoms. The fourth-order valence-corrected chi connectivity index (χ4v) is 4.52. The maximum Gasteiger partial charge on any atom is 0.272 e. The number of pyridine rings is 1. The Bertz CT molecular complexity index is 1270. The van der Waals surface area contributed by atoms with Crippen LogP contribution in [0.25, 0.3) is 20.4 Å². The minimum Gasteiger partial charge on any atom is -0.324 e. The number of hydrogen-bond acceptors (Lipinski definition) is 5. The summed E-state index contributed by atoms with van der Waals surface area (Å²) in [5.41, 5.74) is 4.32. The molecule has 3 heterocycles. The summed E-state index contributed by atoms with van der Waals surface area (Å²) in [5.74, 6) is -0.252. The van der Waals surface area contributed by atoms with Gasteiger partial charge in [0.15, 0.2) is 0 Å². The zero-order chi connectivity index (χ0) is 20.0. The lowest BCUT2D eigenvalue weighted by Crippen LogP contribution is -2.31. The number of fused-ring (bicyclic) bond motifs is 3. The molecule has 0 aliphatic carbocycles. The predicted octanol–water partition coefficient (Wildman–Crippen LogP) is 4.13. The average Bonchev–Trinajstić information content (AvgIpc) is 3.04. The number of amides is 1. The smallest absolute Gasteiger partial charge is 0.272 e. The number of aryl methyl sites for hydroxylation is 3. The minimum atomic E-state index is -0.692. The van der Waals surface area contributed by atoms with E-state index in [1.165, 1.54) is 22.2 Å². The number of carbonyl (C=O) groups excluding carboxylic acids is 1. The number of anilines is 1. The van der Waals surface area contributed by atoms with Gasteiger partial charge in [-0.15, -0.1) is 11.3 Å². The molecule has 1 unspecified atom stereocenters. The van der Waals surface area contributed by atoms with Crippen molar-refractivity contribution in [2.24, 2.45) is 0 Å². The van der Waals surface area contributed by atoms with E-state index >= 15 is 0 Å². The van der Waals surface area contributed by atoms with Crippen LogP contribution in [0.5, 0.6) is 0 Å². The van der Waals surface area contributed by atoms with Gasteiger partial charge >= 0.3 is 0 Å². The predicted molar refractivity (Wildman–Crippen MR) is 113 cm³/mol. The van der Waals surface area contributed by atoms with Crippen molar-refractivity contribution in [1.82, 2.24) is 14.5 Å². The molecule has 142 valence electrons. The van der Waals surface area contributed by atoms with Crippen LogP contribution in [0.2, 0.25) is 0 Å². The first-order valence-corrected chi connectivity index (χ1v) is 9.81. The second-order valence-corrected chi connectivity index (χ2v) is 8.03. The van der Waals surface area contributed by atoms with Gasteiger partial charge in [-0.1, -0.05) is 17.7 Å². The number of aromatic nitrogens is 3. The summed E-state index contributed by atoms with van der Waals surface area (Å²) >= 11 is 1.30. The van der Waals surface area contributed by atoms with Gasteiger partial charge in [0.05, 0.1) is 11.8 Å². The first kappa shape index (κ1) is 18.3. The summed E-state index contributed by atoms with van der Waals surface area (Å²) < 4.78 is 1.89. The van der Waals surface area contributed by atoms with Crippen LogP contribution in [-0.4, -0.2) is 20.4 Å². The van der Waals surface area contributed by atoms with E-state index in [2.05, 4.69) is 15.3 Å². The Morgan fingerprint density at radius 3 is 2.61 bits per heavy atom. The van der Waals surface area contributed by atoms with Crippen LogP contribution in [0, 0.1) is 20.8 Å². The molecule has 1 atom stereocenters. The van der Waals surface area contributed by atoms with Gasteiger partial charge in [0, 0.05) is 17.3 Å². The molecule has 0 fully saturated rings. The molecule has 6 nitrogen and oxygen atoms in total. The maximum atomic E-state index is 13.0. The second-order valence-electron chi connectivity index (χ2n) is 7.03. The highest BCUT2D eigenvalue weighted by Crippen LogP contribution is 2.28. The molecule has 1 N–H and O–H groups in total. The van der Waals surface area contributed by atoms with Gasteiger partial charge in [0.2, 0.25) is 5.91 Å². The fraction of sp³-hybridized carbons (Fsp3) is 0.238. The number of hydrogen-bond donors (Lipinski definition) is 1. The van der Waals surface area contributed by atoms with Gasteiger partial charge in [-0.05, 0) is 51.0 Å². The highest BCUT2D eigenvalue weighted by atomic mass is 32.1. The van der Waals surface area contributed by atoms with Gasteiger partial charge in [0.1, 0.15) is 15.6 Å². The van der Waals surface area contributed by atoms with E-state index in [1.54, 1.807) is 13.1 Å². The molecule has 0 aliphatic rings. The van der Waals surface area contributed by atoms with Crippen LogP contribution in [-0.2, 0) is 4.79 Å². The Hall–Kier alpha value is -3.06. The van der Waals surface area contributed by atoms with Crippen molar-refractivity contribution in [3.63, 3.8) is 0 Å². The molecule has 0 radical (unpaired) electrons. The van der Waals surface area contributed by atoms with Gasteiger partial charge in [0.25, 0.3) is 5.56 Å². The SMILES string of the molecule is Cc1cc(C)c(NC(=O)C(C)n2cnc3c(sc4ncccc43)c2=O)c(C)c1. The normalized spacial score (nSPS) is 12.4. The molecule has 0 spiro atoms. The van der Waals surface area contributed by atoms with E-state index in [0.717, 1.165) is 32.6 Å². The van der Waals surface area contributed by atoms with Gasteiger partial charge in [-0.3, -0.25) is 14.2 Å². The Balaban J connectivity index is 1.71. The van der Waals surface area contributed by atoms with Crippen molar-refractivity contribution in [2.75, 3.05) is 5.32 Å². The van der Waals surface area contributed by atoms with Crippen LogP contribution in [0.15, 0.2) is 41.6 Å². The Labute approximate surface area is 165 Å². The Morgan fingerprint density at radius 1 is 1.18 bits per heavy atom. The molecule has 1 aromatic carbocycles. The third kappa shape index (κ3) is 2.97. The van der Waals surface area contributed by atoms with Crippen molar-refractivity contribution >= 4 is 43.4 Å². The van der Waals surface area contributed by atoms with Crippen molar-refractivity contribution in [1.29, 1.82) is 0 Å².